The topological polar surface area (TPSA) is 66.5 Å². The molecule has 1 N–H and O–H groups in total. The van der Waals surface area contributed by atoms with Crippen LogP contribution in [0.2, 0.25) is 0 Å². The van der Waals surface area contributed by atoms with E-state index >= 15 is 0 Å². The van der Waals surface area contributed by atoms with E-state index in [0.717, 1.165) is 17.8 Å². The Hall–Kier alpha value is -2.58. The van der Waals surface area contributed by atoms with Gasteiger partial charge >= 0.3 is 0 Å². The largest absolute Gasteiger partial charge is 0.381 e. The summed E-state index contributed by atoms with van der Waals surface area (Å²) < 4.78 is 29.7. The van der Waals surface area contributed by atoms with Crippen molar-refractivity contribution < 1.29 is 13.9 Å². The highest BCUT2D eigenvalue weighted by Gasteiger charge is 2.47. The lowest BCUT2D eigenvalue weighted by atomic mass is 9.84. The lowest BCUT2D eigenvalue weighted by molar-refractivity contribution is -0.0687. The molecule has 9 heteroatoms. The normalized spacial score (nSPS) is 24.0. The minimum atomic E-state index is -1.76. The van der Waals surface area contributed by atoms with Gasteiger partial charge in [-0.2, -0.15) is 10.2 Å². The molecule has 2 unspecified atom stereocenters. The molecule has 2 aromatic rings. The number of aliphatic hydroxyl groups is 1. The van der Waals surface area contributed by atoms with Gasteiger partial charge in [-0.25, -0.2) is 18.4 Å². The first-order valence-corrected chi connectivity index (χ1v) is 9.56. The van der Waals surface area contributed by atoms with Gasteiger partial charge in [0.05, 0.1) is 18.6 Å². The number of rotatable bonds is 5. The summed E-state index contributed by atoms with van der Waals surface area (Å²) in [6.45, 7) is 3.56. The number of halogens is 3. The predicted octanol–water partition coefficient (Wildman–Crippen LogP) is 3.20. The molecule has 0 saturated heterocycles. The average Bonchev–Trinajstić information content (AvgIpc) is 3.29. The van der Waals surface area contributed by atoms with Crippen LogP contribution in [-0.2, 0) is 12.1 Å². The number of nitrogens with zero attached hydrogens (tertiary/aromatic N) is 5. The second-order valence-corrected chi connectivity index (χ2v) is 7.80. The summed E-state index contributed by atoms with van der Waals surface area (Å²) in [5.74, 6) is -1.59. The van der Waals surface area contributed by atoms with E-state index < -0.39 is 23.3 Å². The molecule has 2 heterocycles. The Morgan fingerprint density at radius 1 is 1.34 bits per heavy atom. The molecular weight excluding hydrogens is 400 g/mol. The van der Waals surface area contributed by atoms with Crippen molar-refractivity contribution >= 4 is 17.3 Å². The van der Waals surface area contributed by atoms with Crippen molar-refractivity contribution in [1.82, 2.24) is 19.8 Å². The van der Waals surface area contributed by atoms with Gasteiger partial charge in [-0.3, -0.25) is 5.01 Å². The molecule has 152 valence electrons. The molecule has 1 aromatic heterocycles. The van der Waals surface area contributed by atoms with Crippen molar-refractivity contribution in [3.63, 3.8) is 0 Å². The van der Waals surface area contributed by atoms with E-state index in [9.17, 15) is 13.9 Å². The highest BCUT2D eigenvalue weighted by atomic mass is 35.5. The van der Waals surface area contributed by atoms with Gasteiger partial charge in [-0.15, -0.1) is 0 Å². The van der Waals surface area contributed by atoms with E-state index in [1.54, 1.807) is 18.0 Å². The molecule has 2 aliphatic rings. The van der Waals surface area contributed by atoms with E-state index in [2.05, 4.69) is 15.2 Å². The van der Waals surface area contributed by atoms with Crippen LogP contribution in [0.25, 0.3) is 0 Å². The fourth-order valence-electron chi connectivity index (χ4n) is 3.98. The van der Waals surface area contributed by atoms with E-state index in [-0.39, 0.29) is 24.1 Å². The van der Waals surface area contributed by atoms with Crippen LogP contribution in [-0.4, -0.2) is 42.7 Å². The minimum absolute atomic E-state index is 0.0356. The first-order chi connectivity index (χ1) is 13.8. The molecule has 0 spiro atoms. The number of hydrazone groups is 1. The summed E-state index contributed by atoms with van der Waals surface area (Å²) in [5.41, 5.74) is -0.957. The van der Waals surface area contributed by atoms with Crippen LogP contribution in [0.15, 0.2) is 59.2 Å². The Kier molecular flexibility index (Phi) is 5.00. The molecule has 1 aliphatic heterocycles. The number of aromatic nitrogens is 3. The smallest absolute Gasteiger partial charge is 0.137 e. The maximum Gasteiger partial charge on any atom is 0.137 e. The van der Waals surface area contributed by atoms with Crippen LogP contribution in [0.3, 0.4) is 0 Å². The Bertz CT molecular complexity index is 1010. The number of hydrogen-bond donors (Lipinski definition) is 1. The molecule has 1 aromatic carbocycles. The molecule has 4 rings (SSSR count). The first-order valence-electron chi connectivity index (χ1n) is 9.19. The average molecular weight is 420 g/mol. The van der Waals surface area contributed by atoms with Crippen molar-refractivity contribution in [3.05, 3.63) is 71.3 Å². The fraction of sp³-hybridized carbons (Fsp3) is 0.350. The van der Waals surface area contributed by atoms with E-state index in [1.807, 2.05) is 19.1 Å². The van der Waals surface area contributed by atoms with Crippen LogP contribution in [0, 0.1) is 17.6 Å². The molecule has 0 saturated carbocycles. The first kappa shape index (κ1) is 19.7. The zero-order valence-corrected chi connectivity index (χ0v) is 16.6. The summed E-state index contributed by atoms with van der Waals surface area (Å²) in [5, 5.41) is 22.8. The summed E-state index contributed by atoms with van der Waals surface area (Å²) in [6.07, 6.45) is 8.37. The number of hydrogen-bond acceptors (Lipinski definition) is 5. The summed E-state index contributed by atoms with van der Waals surface area (Å²) >= 11 is 6.14. The van der Waals surface area contributed by atoms with Gasteiger partial charge in [-0.05, 0) is 26.0 Å². The summed E-state index contributed by atoms with van der Waals surface area (Å²) in [7, 11) is 0. The third-order valence-electron chi connectivity index (χ3n) is 5.58. The molecule has 0 radical (unpaired) electrons. The Labute approximate surface area is 171 Å². The van der Waals surface area contributed by atoms with Crippen LogP contribution >= 0.6 is 11.6 Å². The van der Waals surface area contributed by atoms with E-state index in [0.29, 0.717) is 5.03 Å². The monoisotopic (exact) mass is 419 g/mol. The second kappa shape index (κ2) is 7.35. The molecular formula is C20H20ClF2N5O. The molecule has 0 bridgehead atoms. The zero-order chi connectivity index (χ0) is 20.8. The molecule has 0 fully saturated rings. The molecule has 29 heavy (non-hydrogen) atoms. The molecule has 1 aliphatic carbocycles. The van der Waals surface area contributed by atoms with Crippen molar-refractivity contribution in [2.24, 2.45) is 11.0 Å². The van der Waals surface area contributed by atoms with Gasteiger partial charge < -0.3 is 5.11 Å². The standard InChI is InChI=1S/C20H20ClF2N5O/c1-12-16-7-14(21)3-6-19(16)28(26-12)13(2)20(29,9-27-11-24-10-25-27)17-5-4-15(22)8-18(17)23/h3-8,10-11,13,16,19,29H,9H2,1-2H3/t13-,16?,19?,20-/m1/s1. The number of benzene rings is 1. The van der Waals surface area contributed by atoms with Gasteiger partial charge in [0.15, 0.2) is 0 Å². The van der Waals surface area contributed by atoms with Crippen molar-refractivity contribution in [3.8, 4) is 0 Å². The van der Waals surface area contributed by atoms with Crippen LogP contribution in [0.1, 0.15) is 19.4 Å². The third kappa shape index (κ3) is 3.47. The maximum atomic E-state index is 14.7. The molecule has 6 nitrogen and oxygen atoms in total. The zero-order valence-electron chi connectivity index (χ0n) is 15.9. The number of allylic oxidation sites excluding steroid dienone is 2. The number of fused-ring (bicyclic) bond motifs is 1. The van der Waals surface area contributed by atoms with Gasteiger partial charge in [0.2, 0.25) is 0 Å². The molecule has 0 amide bonds. The van der Waals surface area contributed by atoms with Gasteiger partial charge in [0.1, 0.15) is 29.9 Å². The SMILES string of the molecule is CC1=NN([C@H](C)[C@](O)(Cn2cncn2)c2ccc(F)cc2F)C2C=CC(Cl)=CC12. The lowest BCUT2D eigenvalue weighted by Gasteiger charge is -2.41. The van der Waals surface area contributed by atoms with Crippen LogP contribution < -0.4 is 0 Å². The van der Waals surface area contributed by atoms with Gasteiger partial charge in [0.25, 0.3) is 0 Å². The fourth-order valence-corrected chi connectivity index (χ4v) is 4.19. The Morgan fingerprint density at radius 3 is 2.83 bits per heavy atom. The Balaban J connectivity index is 1.76. The van der Waals surface area contributed by atoms with Crippen LogP contribution in [0.5, 0.6) is 0 Å². The van der Waals surface area contributed by atoms with Crippen molar-refractivity contribution in [2.45, 2.75) is 38.1 Å². The quantitative estimate of drug-likeness (QED) is 0.808. The second-order valence-electron chi connectivity index (χ2n) is 7.37. The maximum absolute atomic E-state index is 14.7. The third-order valence-corrected chi connectivity index (χ3v) is 5.83. The highest BCUT2D eigenvalue weighted by Crippen LogP contribution is 2.39. The molecule has 4 atom stereocenters. The summed E-state index contributed by atoms with van der Waals surface area (Å²) in [4.78, 5) is 3.89. The van der Waals surface area contributed by atoms with Crippen molar-refractivity contribution in [2.75, 3.05) is 0 Å². The highest BCUT2D eigenvalue weighted by molar-refractivity contribution is 6.31. The van der Waals surface area contributed by atoms with Crippen LogP contribution in [0.4, 0.5) is 8.78 Å². The van der Waals surface area contributed by atoms with Gasteiger partial charge in [-0.1, -0.05) is 29.8 Å². The summed E-state index contributed by atoms with van der Waals surface area (Å²) in [6, 6.07) is 2.31. The Morgan fingerprint density at radius 2 is 2.14 bits per heavy atom. The lowest BCUT2D eigenvalue weighted by Crippen LogP contribution is -2.52. The van der Waals surface area contributed by atoms with Crippen molar-refractivity contribution in [1.29, 1.82) is 0 Å². The predicted molar refractivity (Wildman–Crippen MR) is 105 cm³/mol. The van der Waals surface area contributed by atoms with E-state index in [4.69, 9.17) is 11.6 Å². The minimum Gasteiger partial charge on any atom is -0.381 e. The van der Waals surface area contributed by atoms with Gasteiger partial charge in [0, 0.05) is 28.3 Å². The van der Waals surface area contributed by atoms with E-state index in [1.165, 1.54) is 23.4 Å².